The van der Waals surface area contributed by atoms with Crippen LogP contribution in [-0.4, -0.2) is 29.5 Å². The number of aromatic amines is 1. The summed E-state index contributed by atoms with van der Waals surface area (Å²) in [5.41, 5.74) is 5.36. The van der Waals surface area contributed by atoms with Crippen molar-refractivity contribution in [2.75, 3.05) is 18.9 Å². The number of benzene rings is 1. The topological polar surface area (TPSA) is 79.3 Å². The molecule has 0 radical (unpaired) electrons. The normalized spacial score (nSPS) is 14.5. The highest BCUT2D eigenvalue weighted by Crippen LogP contribution is 2.33. The Morgan fingerprint density at radius 3 is 2.63 bits per heavy atom. The van der Waals surface area contributed by atoms with E-state index >= 15 is 0 Å². The Hall–Kier alpha value is -2.51. The Morgan fingerprint density at radius 2 is 1.90 bits per heavy atom. The zero-order valence-corrected chi connectivity index (χ0v) is 18.9. The number of aryl methyl sites for hydroxylation is 5. The van der Waals surface area contributed by atoms with E-state index in [-0.39, 0.29) is 11.5 Å². The second-order valence-electron chi connectivity index (χ2n) is 8.54. The number of nitrogens with one attached hydrogen (secondary N) is 3. The number of quaternary nitrogens is 1. The Kier molecular flexibility index (Phi) is 5.75. The van der Waals surface area contributed by atoms with Gasteiger partial charge in [0.2, 0.25) is 0 Å². The Morgan fingerprint density at radius 1 is 1.20 bits per heavy atom. The molecule has 30 heavy (non-hydrogen) atoms. The minimum Gasteiger partial charge on any atom is -0.323 e. The maximum absolute atomic E-state index is 12.7. The fourth-order valence-electron chi connectivity index (χ4n) is 4.48. The number of rotatable bonds is 5. The van der Waals surface area contributed by atoms with E-state index in [0.717, 1.165) is 51.2 Å². The van der Waals surface area contributed by atoms with Crippen LogP contribution in [0, 0.1) is 20.8 Å². The van der Waals surface area contributed by atoms with Crippen LogP contribution in [0.25, 0.3) is 10.2 Å². The average Bonchev–Trinajstić information content (AvgIpc) is 3.03. The molecular weight excluding hydrogens is 396 g/mol. The molecule has 0 fully saturated rings. The van der Waals surface area contributed by atoms with Crippen LogP contribution in [0.15, 0.2) is 16.9 Å². The van der Waals surface area contributed by atoms with Gasteiger partial charge >= 0.3 is 0 Å². The number of amides is 1. The Labute approximate surface area is 180 Å². The number of thiophene rings is 1. The molecule has 1 aliphatic carbocycles. The lowest BCUT2D eigenvalue weighted by Gasteiger charge is -2.16. The number of carbonyl (C=O) groups excluding carboxylic acids is 1. The van der Waals surface area contributed by atoms with Gasteiger partial charge in [-0.2, -0.15) is 0 Å². The van der Waals surface area contributed by atoms with E-state index in [9.17, 15) is 9.59 Å². The summed E-state index contributed by atoms with van der Waals surface area (Å²) in [7, 11) is 1.94. The van der Waals surface area contributed by atoms with Gasteiger partial charge in [0, 0.05) is 10.6 Å². The zero-order chi connectivity index (χ0) is 21.4. The summed E-state index contributed by atoms with van der Waals surface area (Å²) in [6.07, 6.45) is 4.35. The standard InChI is InChI=1S/C23H28N4O2S/c1-13-9-14(2)21(15(3)10-13)26-19(28)12-27(4)11-18-24-22(29)20-16-7-5-6-8-17(16)30-23(20)25-18/h9-10H,5-8,11-12H2,1-4H3,(H,26,28)(H,24,25,29)/p+1. The average molecular weight is 426 g/mol. The summed E-state index contributed by atoms with van der Waals surface area (Å²) < 4.78 is 0. The molecule has 1 aromatic carbocycles. The molecule has 1 amide bonds. The number of carbonyl (C=O) groups is 1. The molecule has 1 unspecified atom stereocenters. The molecule has 3 aromatic rings. The van der Waals surface area contributed by atoms with Crippen molar-refractivity contribution in [1.82, 2.24) is 9.97 Å². The van der Waals surface area contributed by atoms with Crippen molar-refractivity contribution in [1.29, 1.82) is 0 Å². The third-order valence-corrected chi connectivity index (χ3v) is 6.93. The van der Waals surface area contributed by atoms with Crippen LogP contribution in [0.5, 0.6) is 0 Å². The Bertz CT molecular complexity index is 1150. The predicted molar refractivity (Wildman–Crippen MR) is 122 cm³/mol. The molecule has 2 heterocycles. The summed E-state index contributed by atoms with van der Waals surface area (Å²) in [6, 6.07) is 4.15. The molecule has 4 rings (SSSR count). The van der Waals surface area contributed by atoms with E-state index in [1.807, 2.05) is 20.9 Å². The summed E-state index contributed by atoms with van der Waals surface area (Å²) in [4.78, 5) is 36.1. The molecule has 158 valence electrons. The van der Waals surface area contributed by atoms with Crippen molar-refractivity contribution >= 4 is 33.1 Å². The molecule has 1 atom stereocenters. The number of hydrogen-bond acceptors (Lipinski definition) is 4. The van der Waals surface area contributed by atoms with Crippen molar-refractivity contribution in [3.63, 3.8) is 0 Å². The third-order valence-electron chi connectivity index (χ3n) is 5.75. The largest absolute Gasteiger partial charge is 0.323 e. The second kappa shape index (κ2) is 8.32. The highest BCUT2D eigenvalue weighted by atomic mass is 32.1. The number of hydrogen-bond donors (Lipinski definition) is 3. The summed E-state index contributed by atoms with van der Waals surface area (Å²) in [5, 5.41) is 3.82. The van der Waals surface area contributed by atoms with Gasteiger partial charge in [0.15, 0.2) is 12.4 Å². The second-order valence-corrected chi connectivity index (χ2v) is 9.62. The maximum atomic E-state index is 12.7. The number of H-pyrrole nitrogens is 1. The first kappa shape index (κ1) is 20.8. The van der Waals surface area contributed by atoms with Gasteiger partial charge in [-0.3, -0.25) is 9.59 Å². The van der Waals surface area contributed by atoms with Crippen molar-refractivity contribution in [2.45, 2.75) is 53.0 Å². The molecule has 1 aliphatic rings. The third kappa shape index (κ3) is 4.18. The van der Waals surface area contributed by atoms with Crippen molar-refractivity contribution in [3.05, 3.63) is 55.4 Å². The fourth-order valence-corrected chi connectivity index (χ4v) is 5.76. The van der Waals surface area contributed by atoms with Crippen LogP contribution < -0.4 is 15.8 Å². The summed E-state index contributed by atoms with van der Waals surface area (Å²) in [5.74, 6) is 0.594. The SMILES string of the molecule is Cc1cc(C)c(NC(=O)C[NH+](C)Cc2nc3sc4c(c3c(=O)[nH]2)CCCC4)c(C)c1. The van der Waals surface area contributed by atoms with Crippen molar-refractivity contribution in [3.8, 4) is 0 Å². The van der Waals surface area contributed by atoms with Crippen molar-refractivity contribution in [2.24, 2.45) is 0 Å². The van der Waals surface area contributed by atoms with E-state index < -0.39 is 0 Å². The molecule has 7 heteroatoms. The molecule has 0 aliphatic heterocycles. The molecule has 6 nitrogen and oxygen atoms in total. The molecule has 0 saturated heterocycles. The predicted octanol–water partition coefficient (Wildman–Crippen LogP) is 2.44. The first-order chi connectivity index (χ1) is 14.3. The number of likely N-dealkylation sites (N-methyl/N-ethyl adjacent to an activating group) is 1. The van der Waals surface area contributed by atoms with Gasteiger partial charge < -0.3 is 15.2 Å². The lowest BCUT2D eigenvalue weighted by Crippen LogP contribution is -3.08. The summed E-state index contributed by atoms with van der Waals surface area (Å²) >= 11 is 1.66. The van der Waals surface area contributed by atoms with E-state index in [1.165, 1.54) is 22.4 Å². The smallest absolute Gasteiger partial charge is 0.279 e. The molecule has 0 saturated carbocycles. The first-order valence-corrected chi connectivity index (χ1v) is 11.4. The van der Waals surface area contributed by atoms with Gasteiger partial charge in [0.25, 0.3) is 11.5 Å². The van der Waals surface area contributed by atoms with Gasteiger partial charge in [-0.15, -0.1) is 11.3 Å². The number of aromatic nitrogens is 2. The van der Waals surface area contributed by atoms with Gasteiger partial charge in [0.05, 0.1) is 12.4 Å². The van der Waals surface area contributed by atoms with E-state index in [0.29, 0.717) is 18.9 Å². The molecular formula is C23H29N4O2S+. The minimum atomic E-state index is -0.0439. The van der Waals surface area contributed by atoms with Crippen molar-refractivity contribution < 1.29 is 9.69 Å². The lowest BCUT2D eigenvalue weighted by atomic mass is 9.97. The first-order valence-electron chi connectivity index (χ1n) is 10.5. The molecule has 0 bridgehead atoms. The van der Waals surface area contributed by atoms with E-state index in [2.05, 4.69) is 29.4 Å². The number of nitrogens with zero attached hydrogens (tertiary/aromatic N) is 1. The summed E-state index contributed by atoms with van der Waals surface area (Å²) in [6.45, 7) is 6.87. The molecule has 3 N–H and O–H groups in total. The van der Waals surface area contributed by atoms with E-state index in [4.69, 9.17) is 4.98 Å². The molecule has 2 aromatic heterocycles. The highest BCUT2D eigenvalue weighted by molar-refractivity contribution is 7.18. The fraction of sp³-hybridized carbons (Fsp3) is 0.435. The van der Waals surface area contributed by atoms with Gasteiger partial charge in [0.1, 0.15) is 11.4 Å². The lowest BCUT2D eigenvalue weighted by molar-refractivity contribution is -0.885. The number of anilines is 1. The van der Waals surface area contributed by atoms with Crippen LogP contribution in [0.2, 0.25) is 0 Å². The maximum Gasteiger partial charge on any atom is 0.279 e. The van der Waals surface area contributed by atoms with Crippen LogP contribution in [0.3, 0.4) is 0 Å². The monoisotopic (exact) mass is 425 g/mol. The van der Waals surface area contributed by atoms with Gasteiger partial charge in [-0.1, -0.05) is 17.7 Å². The van der Waals surface area contributed by atoms with Crippen LogP contribution in [-0.2, 0) is 24.2 Å². The van der Waals surface area contributed by atoms with Crippen LogP contribution in [0.1, 0.15) is 45.8 Å². The van der Waals surface area contributed by atoms with Gasteiger partial charge in [-0.25, -0.2) is 4.98 Å². The number of fused-ring (bicyclic) bond motifs is 3. The Balaban J connectivity index is 1.46. The van der Waals surface area contributed by atoms with Gasteiger partial charge in [-0.05, 0) is 63.1 Å². The quantitative estimate of drug-likeness (QED) is 0.588. The minimum absolute atomic E-state index is 0.0439. The van der Waals surface area contributed by atoms with E-state index in [1.54, 1.807) is 11.3 Å². The zero-order valence-electron chi connectivity index (χ0n) is 18.1. The van der Waals surface area contributed by atoms with Crippen LogP contribution >= 0.6 is 11.3 Å². The van der Waals surface area contributed by atoms with Crippen LogP contribution in [0.4, 0.5) is 5.69 Å². The highest BCUT2D eigenvalue weighted by Gasteiger charge is 2.21. The molecule has 0 spiro atoms.